The van der Waals surface area contributed by atoms with Crippen LogP contribution in [0.25, 0.3) is 22.2 Å². The highest BCUT2D eigenvalue weighted by atomic mass is 16.5. The van der Waals surface area contributed by atoms with Crippen molar-refractivity contribution >= 4 is 16.7 Å². The van der Waals surface area contributed by atoms with Crippen LogP contribution in [0.1, 0.15) is 5.56 Å². The number of H-pyrrole nitrogens is 1. The van der Waals surface area contributed by atoms with Gasteiger partial charge in [0.15, 0.2) is 0 Å². The van der Waals surface area contributed by atoms with Gasteiger partial charge in [-0.15, -0.1) is 0 Å². The number of nitrogens with one attached hydrogen (secondary N) is 1. The summed E-state index contributed by atoms with van der Waals surface area (Å²) in [5.41, 5.74) is 4.38. The van der Waals surface area contributed by atoms with Crippen LogP contribution in [-0.4, -0.2) is 41.5 Å². The van der Waals surface area contributed by atoms with Gasteiger partial charge in [-0.2, -0.15) is 5.10 Å². The molecule has 0 amide bonds. The van der Waals surface area contributed by atoms with Gasteiger partial charge in [0, 0.05) is 30.2 Å². The Kier molecular flexibility index (Phi) is 3.27. The minimum Gasteiger partial charge on any atom is -0.378 e. The molecule has 3 aromatic rings. The first kappa shape index (κ1) is 13.3. The summed E-state index contributed by atoms with van der Waals surface area (Å²) >= 11 is 0. The Bertz CT molecular complexity index is 805. The summed E-state index contributed by atoms with van der Waals surface area (Å²) in [6.07, 6.45) is 1.86. The predicted octanol–water partition coefficient (Wildman–Crippen LogP) is 2.77. The molecule has 112 valence electrons. The van der Waals surface area contributed by atoms with Gasteiger partial charge in [0.1, 0.15) is 5.82 Å². The lowest BCUT2D eigenvalue weighted by molar-refractivity contribution is 0.122. The molecule has 1 aromatic carbocycles. The van der Waals surface area contributed by atoms with E-state index >= 15 is 0 Å². The van der Waals surface area contributed by atoms with Gasteiger partial charge < -0.3 is 9.64 Å². The molecule has 0 unspecified atom stereocenters. The van der Waals surface area contributed by atoms with Gasteiger partial charge in [-0.1, -0.05) is 18.2 Å². The van der Waals surface area contributed by atoms with Crippen LogP contribution in [0.15, 0.2) is 36.5 Å². The number of pyridine rings is 1. The molecular weight excluding hydrogens is 276 g/mol. The third-order valence-corrected chi connectivity index (χ3v) is 4.16. The van der Waals surface area contributed by atoms with Crippen LogP contribution in [0.5, 0.6) is 0 Å². The Morgan fingerprint density at radius 3 is 2.91 bits per heavy atom. The molecule has 5 heteroatoms. The van der Waals surface area contributed by atoms with Crippen molar-refractivity contribution in [1.29, 1.82) is 0 Å². The minimum absolute atomic E-state index is 0.762. The Morgan fingerprint density at radius 1 is 1.18 bits per heavy atom. The third-order valence-electron chi connectivity index (χ3n) is 4.16. The van der Waals surface area contributed by atoms with E-state index < -0.39 is 0 Å². The van der Waals surface area contributed by atoms with Crippen molar-refractivity contribution in [2.75, 3.05) is 31.2 Å². The van der Waals surface area contributed by atoms with Crippen molar-refractivity contribution < 1.29 is 4.74 Å². The molecule has 3 heterocycles. The lowest BCUT2D eigenvalue weighted by Gasteiger charge is -2.27. The number of ether oxygens (including phenoxy) is 1. The van der Waals surface area contributed by atoms with Crippen molar-refractivity contribution in [3.8, 4) is 11.3 Å². The number of hydrogen-bond donors (Lipinski definition) is 1. The Balaban J connectivity index is 1.77. The predicted molar refractivity (Wildman–Crippen MR) is 87.1 cm³/mol. The Labute approximate surface area is 128 Å². The number of morpholine rings is 1. The van der Waals surface area contributed by atoms with Gasteiger partial charge in [0.05, 0.1) is 24.4 Å². The summed E-state index contributed by atoms with van der Waals surface area (Å²) in [6.45, 7) is 5.38. The molecular formula is C17H18N4O. The average molecular weight is 294 g/mol. The minimum atomic E-state index is 0.762. The number of aromatic nitrogens is 3. The van der Waals surface area contributed by atoms with Gasteiger partial charge in [-0.3, -0.25) is 5.10 Å². The number of hydrogen-bond acceptors (Lipinski definition) is 4. The van der Waals surface area contributed by atoms with Crippen molar-refractivity contribution in [2.24, 2.45) is 0 Å². The lowest BCUT2D eigenvalue weighted by Crippen LogP contribution is -2.36. The van der Waals surface area contributed by atoms with E-state index in [1.54, 1.807) is 0 Å². The first-order valence-corrected chi connectivity index (χ1v) is 7.56. The molecule has 0 bridgehead atoms. The van der Waals surface area contributed by atoms with E-state index in [0.717, 1.165) is 54.3 Å². The van der Waals surface area contributed by atoms with E-state index in [-0.39, 0.29) is 0 Å². The van der Waals surface area contributed by atoms with E-state index in [2.05, 4.69) is 51.3 Å². The maximum atomic E-state index is 5.41. The first-order valence-electron chi connectivity index (χ1n) is 7.56. The second-order valence-electron chi connectivity index (χ2n) is 5.57. The van der Waals surface area contributed by atoms with Crippen molar-refractivity contribution in [2.45, 2.75) is 6.92 Å². The summed E-state index contributed by atoms with van der Waals surface area (Å²) in [6, 6.07) is 10.4. The fourth-order valence-corrected chi connectivity index (χ4v) is 2.94. The summed E-state index contributed by atoms with van der Waals surface area (Å²) in [5.74, 6) is 0.996. The molecule has 0 aliphatic carbocycles. The van der Waals surface area contributed by atoms with Crippen LogP contribution in [0.2, 0.25) is 0 Å². The molecule has 1 fully saturated rings. The van der Waals surface area contributed by atoms with Crippen LogP contribution in [0.4, 0.5) is 5.82 Å². The molecule has 1 aliphatic heterocycles. The summed E-state index contributed by atoms with van der Waals surface area (Å²) < 4.78 is 5.41. The quantitative estimate of drug-likeness (QED) is 0.789. The summed E-state index contributed by atoms with van der Waals surface area (Å²) in [4.78, 5) is 6.77. The van der Waals surface area contributed by atoms with Crippen LogP contribution in [0.3, 0.4) is 0 Å². The number of aromatic amines is 1. The zero-order chi connectivity index (χ0) is 14.9. The van der Waals surface area contributed by atoms with E-state index in [1.165, 1.54) is 5.56 Å². The lowest BCUT2D eigenvalue weighted by atomic mass is 10.1. The highest BCUT2D eigenvalue weighted by molar-refractivity contribution is 5.94. The molecule has 1 saturated heterocycles. The van der Waals surface area contributed by atoms with Crippen molar-refractivity contribution in [3.63, 3.8) is 0 Å². The molecule has 4 rings (SSSR count). The van der Waals surface area contributed by atoms with Gasteiger partial charge >= 0.3 is 0 Å². The smallest absolute Gasteiger partial charge is 0.129 e. The zero-order valence-corrected chi connectivity index (χ0v) is 12.5. The molecule has 0 saturated carbocycles. The van der Waals surface area contributed by atoms with Gasteiger partial charge in [-0.25, -0.2) is 4.98 Å². The number of rotatable bonds is 2. The monoisotopic (exact) mass is 294 g/mol. The molecule has 22 heavy (non-hydrogen) atoms. The van der Waals surface area contributed by atoms with Crippen molar-refractivity contribution in [3.05, 3.63) is 42.1 Å². The van der Waals surface area contributed by atoms with Gasteiger partial charge in [0.25, 0.3) is 0 Å². The van der Waals surface area contributed by atoms with Crippen molar-refractivity contribution in [1.82, 2.24) is 15.2 Å². The molecule has 1 aliphatic rings. The molecule has 1 N–H and O–H groups in total. The average Bonchev–Trinajstić information content (AvgIpc) is 3.01. The van der Waals surface area contributed by atoms with E-state index in [1.807, 2.05) is 12.3 Å². The second kappa shape index (κ2) is 5.42. The standard InChI is InChI=1S/C17H18N4O/c1-12-3-2-4-14-16(12)19-20-17(14)13-5-6-18-15(11-13)21-7-9-22-10-8-21/h2-6,11H,7-10H2,1H3,(H,19,20). The summed E-state index contributed by atoms with van der Waals surface area (Å²) in [5, 5.41) is 8.79. The number of fused-ring (bicyclic) bond motifs is 1. The molecule has 0 atom stereocenters. The maximum Gasteiger partial charge on any atom is 0.129 e. The first-order chi connectivity index (χ1) is 10.8. The SMILES string of the molecule is Cc1cccc2c(-c3ccnc(N4CCOCC4)c3)[nH]nc12. The third kappa shape index (κ3) is 2.23. The number of nitrogens with zero attached hydrogens (tertiary/aromatic N) is 3. The normalized spacial score (nSPS) is 15.4. The number of anilines is 1. The fourth-order valence-electron chi connectivity index (χ4n) is 2.94. The number of benzene rings is 1. The Morgan fingerprint density at radius 2 is 2.05 bits per heavy atom. The molecule has 0 spiro atoms. The van der Waals surface area contributed by atoms with E-state index in [0.29, 0.717) is 0 Å². The molecule has 5 nitrogen and oxygen atoms in total. The van der Waals surface area contributed by atoms with E-state index in [9.17, 15) is 0 Å². The van der Waals surface area contributed by atoms with Gasteiger partial charge in [0.2, 0.25) is 0 Å². The number of para-hydroxylation sites is 1. The Hall–Kier alpha value is -2.40. The molecule has 2 aromatic heterocycles. The van der Waals surface area contributed by atoms with Crippen LogP contribution >= 0.6 is 0 Å². The fraction of sp³-hybridized carbons (Fsp3) is 0.294. The van der Waals surface area contributed by atoms with Crippen LogP contribution < -0.4 is 4.90 Å². The van der Waals surface area contributed by atoms with E-state index in [4.69, 9.17) is 4.74 Å². The summed E-state index contributed by atoms with van der Waals surface area (Å²) in [7, 11) is 0. The largest absolute Gasteiger partial charge is 0.378 e. The number of aryl methyl sites for hydroxylation is 1. The molecule has 0 radical (unpaired) electrons. The second-order valence-corrected chi connectivity index (χ2v) is 5.57. The highest BCUT2D eigenvalue weighted by Gasteiger charge is 2.14. The van der Waals surface area contributed by atoms with Crippen LogP contribution in [-0.2, 0) is 4.74 Å². The van der Waals surface area contributed by atoms with Gasteiger partial charge in [-0.05, 0) is 24.6 Å². The van der Waals surface area contributed by atoms with Crippen LogP contribution in [0, 0.1) is 6.92 Å². The zero-order valence-electron chi connectivity index (χ0n) is 12.5. The maximum absolute atomic E-state index is 5.41. The highest BCUT2D eigenvalue weighted by Crippen LogP contribution is 2.29. The topological polar surface area (TPSA) is 54.0 Å².